The molecule has 2 rings (SSSR count). The first-order chi connectivity index (χ1) is 8.49. The number of hydrogen-bond donors (Lipinski definition) is 1. The Bertz CT molecular complexity index is 452. The summed E-state index contributed by atoms with van der Waals surface area (Å²) in [6.45, 7) is 5.12. The van der Waals surface area contributed by atoms with E-state index in [1.54, 1.807) is 6.20 Å². The molecule has 0 spiro atoms. The lowest BCUT2D eigenvalue weighted by Gasteiger charge is -2.24. The van der Waals surface area contributed by atoms with E-state index >= 15 is 0 Å². The van der Waals surface area contributed by atoms with Gasteiger partial charge in [-0.05, 0) is 24.5 Å². The molecule has 1 aliphatic rings. The van der Waals surface area contributed by atoms with Crippen LogP contribution in [-0.4, -0.2) is 34.0 Å². The van der Waals surface area contributed by atoms with Gasteiger partial charge in [0.05, 0.1) is 12.1 Å². The van der Waals surface area contributed by atoms with Crippen LogP contribution in [0.15, 0.2) is 18.5 Å². The highest BCUT2D eigenvalue weighted by Crippen LogP contribution is 2.30. The topological polar surface area (TPSA) is 53.4 Å². The van der Waals surface area contributed by atoms with Gasteiger partial charge in [-0.2, -0.15) is 0 Å². The Morgan fingerprint density at radius 1 is 1.56 bits per heavy atom. The fraction of sp³-hybridized carbons (Fsp3) is 0.538. The molecule has 1 N–H and O–H groups in total. The van der Waals surface area contributed by atoms with Gasteiger partial charge in [0.1, 0.15) is 5.82 Å². The molecule has 3 unspecified atom stereocenters. The van der Waals surface area contributed by atoms with Crippen LogP contribution in [-0.2, 0) is 4.79 Å². The van der Waals surface area contributed by atoms with E-state index in [9.17, 15) is 9.18 Å². The van der Waals surface area contributed by atoms with E-state index in [1.165, 1.54) is 12.3 Å². The third-order valence-corrected chi connectivity index (χ3v) is 3.71. The minimum Gasteiger partial charge on any atom is -0.481 e. The fourth-order valence-corrected chi connectivity index (χ4v) is 2.51. The standard InChI is InChI=1S/C13H17FN2O2/c1-8-6-16(7-12(8)13(17)18)9(2)10-3-11(14)5-15-4-10/h3-5,8-9,12H,6-7H2,1-2H3,(H,17,18). The van der Waals surface area contributed by atoms with Crippen molar-refractivity contribution in [2.75, 3.05) is 13.1 Å². The van der Waals surface area contributed by atoms with Crippen LogP contribution >= 0.6 is 0 Å². The highest BCUT2D eigenvalue weighted by molar-refractivity contribution is 5.71. The number of rotatable bonds is 3. The zero-order valence-corrected chi connectivity index (χ0v) is 10.5. The Balaban J connectivity index is 2.11. The van der Waals surface area contributed by atoms with Crippen LogP contribution in [0.4, 0.5) is 4.39 Å². The van der Waals surface area contributed by atoms with Crippen molar-refractivity contribution in [3.63, 3.8) is 0 Å². The molecule has 1 fully saturated rings. The largest absolute Gasteiger partial charge is 0.481 e. The Labute approximate surface area is 105 Å². The predicted molar refractivity (Wildman–Crippen MR) is 64.5 cm³/mol. The highest BCUT2D eigenvalue weighted by Gasteiger charge is 2.36. The van der Waals surface area contributed by atoms with Crippen LogP contribution in [0.3, 0.4) is 0 Å². The number of nitrogens with zero attached hydrogens (tertiary/aromatic N) is 2. The third-order valence-electron chi connectivity index (χ3n) is 3.71. The fourth-order valence-electron chi connectivity index (χ4n) is 2.51. The van der Waals surface area contributed by atoms with Crippen molar-refractivity contribution < 1.29 is 14.3 Å². The van der Waals surface area contributed by atoms with Gasteiger partial charge in [0.25, 0.3) is 0 Å². The summed E-state index contributed by atoms with van der Waals surface area (Å²) in [5.74, 6) is -1.34. The molecular formula is C13H17FN2O2. The van der Waals surface area contributed by atoms with E-state index in [0.717, 1.165) is 5.56 Å². The molecule has 4 nitrogen and oxygen atoms in total. The van der Waals surface area contributed by atoms with E-state index < -0.39 is 5.97 Å². The second-order valence-corrected chi connectivity index (χ2v) is 4.99. The molecule has 1 aromatic heterocycles. The molecule has 0 aromatic carbocycles. The first-order valence-electron chi connectivity index (χ1n) is 6.06. The lowest BCUT2D eigenvalue weighted by Crippen LogP contribution is -2.26. The quantitative estimate of drug-likeness (QED) is 0.893. The summed E-state index contributed by atoms with van der Waals surface area (Å²) < 4.78 is 13.1. The maximum atomic E-state index is 13.1. The summed E-state index contributed by atoms with van der Waals surface area (Å²) in [6, 6.07) is 1.44. The first-order valence-corrected chi connectivity index (χ1v) is 6.06. The van der Waals surface area contributed by atoms with Crippen molar-refractivity contribution in [3.8, 4) is 0 Å². The van der Waals surface area contributed by atoms with Gasteiger partial charge in [-0.25, -0.2) is 4.39 Å². The summed E-state index contributed by atoms with van der Waals surface area (Å²) in [6.07, 6.45) is 2.80. The number of carboxylic acid groups (broad SMARTS) is 1. The highest BCUT2D eigenvalue weighted by atomic mass is 19.1. The molecule has 0 aliphatic carbocycles. The van der Waals surface area contributed by atoms with E-state index in [1.807, 2.05) is 13.8 Å². The van der Waals surface area contributed by atoms with Crippen LogP contribution in [0.1, 0.15) is 25.5 Å². The summed E-state index contributed by atoms with van der Waals surface area (Å²) in [7, 11) is 0. The van der Waals surface area contributed by atoms with Gasteiger partial charge in [0.15, 0.2) is 0 Å². The molecule has 2 heterocycles. The lowest BCUT2D eigenvalue weighted by molar-refractivity contribution is -0.142. The molecule has 1 aliphatic heterocycles. The minimum absolute atomic E-state index is 0.0139. The summed E-state index contributed by atoms with van der Waals surface area (Å²) >= 11 is 0. The molecule has 1 saturated heterocycles. The minimum atomic E-state index is -0.755. The van der Waals surface area contributed by atoms with E-state index in [-0.39, 0.29) is 23.7 Å². The Morgan fingerprint density at radius 2 is 2.28 bits per heavy atom. The molecule has 0 saturated carbocycles. The van der Waals surface area contributed by atoms with Crippen LogP contribution in [0.25, 0.3) is 0 Å². The van der Waals surface area contributed by atoms with Gasteiger partial charge in [-0.1, -0.05) is 6.92 Å². The summed E-state index contributed by atoms with van der Waals surface area (Å²) in [5.41, 5.74) is 0.785. The van der Waals surface area contributed by atoms with E-state index in [0.29, 0.717) is 13.1 Å². The van der Waals surface area contributed by atoms with E-state index in [4.69, 9.17) is 5.11 Å². The van der Waals surface area contributed by atoms with Gasteiger partial charge in [-0.3, -0.25) is 14.7 Å². The summed E-state index contributed by atoms with van der Waals surface area (Å²) in [4.78, 5) is 17.0. The molecule has 18 heavy (non-hydrogen) atoms. The Hall–Kier alpha value is -1.49. The number of hydrogen-bond acceptors (Lipinski definition) is 3. The second-order valence-electron chi connectivity index (χ2n) is 4.99. The third kappa shape index (κ3) is 2.51. The van der Waals surface area contributed by atoms with Gasteiger partial charge in [0.2, 0.25) is 0 Å². The Kier molecular flexibility index (Phi) is 3.61. The van der Waals surface area contributed by atoms with Gasteiger partial charge in [0, 0.05) is 25.3 Å². The zero-order chi connectivity index (χ0) is 13.3. The molecule has 3 atom stereocenters. The SMILES string of the molecule is CC1CN(C(C)c2cncc(F)c2)CC1C(=O)O. The van der Waals surface area contributed by atoms with Gasteiger partial charge < -0.3 is 5.11 Å². The van der Waals surface area contributed by atoms with Gasteiger partial charge >= 0.3 is 5.97 Å². The van der Waals surface area contributed by atoms with Crippen molar-refractivity contribution in [2.45, 2.75) is 19.9 Å². The predicted octanol–water partition coefficient (Wildman–Crippen LogP) is 1.93. The Morgan fingerprint density at radius 3 is 2.83 bits per heavy atom. The van der Waals surface area contributed by atoms with Gasteiger partial charge in [-0.15, -0.1) is 0 Å². The van der Waals surface area contributed by atoms with Crippen molar-refractivity contribution >= 4 is 5.97 Å². The number of halogens is 1. The molecule has 1 aromatic rings. The van der Waals surface area contributed by atoms with Crippen LogP contribution < -0.4 is 0 Å². The molecule has 5 heteroatoms. The normalized spacial score (nSPS) is 26.2. The number of carbonyl (C=O) groups is 1. The molecule has 0 radical (unpaired) electrons. The summed E-state index contributed by atoms with van der Waals surface area (Å²) in [5, 5.41) is 9.10. The van der Waals surface area contributed by atoms with Crippen LogP contribution in [0.5, 0.6) is 0 Å². The average molecular weight is 252 g/mol. The van der Waals surface area contributed by atoms with Crippen molar-refractivity contribution in [2.24, 2.45) is 11.8 Å². The maximum Gasteiger partial charge on any atom is 0.308 e. The second kappa shape index (κ2) is 5.02. The maximum absolute atomic E-state index is 13.1. The molecule has 98 valence electrons. The number of pyridine rings is 1. The number of aliphatic carboxylic acids is 1. The first kappa shape index (κ1) is 13.0. The molecule has 0 bridgehead atoms. The number of likely N-dealkylation sites (tertiary alicyclic amines) is 1. The lowest BCUT2D eigenvalue weighted by atomic mass is 9.99. The van der Waals surface area contributed by atoms with Crippen LogP contribution in [0, 0.1) is 17.7 Å². The zero-order valence-electron chi connectivity index (χ0n) is 10.5. The number of aromatic nitrogens is 1. The number of carboxylic acids is 1. The molecule has 0 amide bonds. The van der Waals surface area contributed by atoms with Crippen LogP contribution in [0.2, 0.25) is 0 Å². The average Bonchev–Trinajstić information content (AvgIpc) is 2.70. The monoisotopic (exact) mass is 252 g/mol. The van der Waals surface area contributed by atoms with Crippen molar-refractivity contribution in [1.82, 2.24) is 9.88 Å². The van der Waals surface area contributed by atoms with E-state index in [2.05, 4.69) is 9.88 Å². The van der Waals surface area contributed by atoms with Crippen molar-refractivity contribution in [3.05, 3.63) is 29.8 Å². The smallest absolute Gasteiger partial charge is 0.308 e. The molecular weight excluding hydrogens is 235 g/mol. The van der Waals surface area contributed by atoms with Crippen molar-refractivity contribution in [1.29, 1.82) is 0 Å².